The summed E-state index contributed by atoms with van der Waals surface area (Å²) >= 11 is 0. The minimum Gasteiger partial charge on any atom is -0.384 e. The van der Waals surface area contributed by atoms with Crippen LogP contribution in [0.1, 0.15) is 12.5 Å². The first-order valence-electron chi connectivity index (χ1n) is 5.88. The fourth-order valence-corrected chi connectivity index (χ4v) is 3.90. The van der Waals surface area contributed by atoms with E-state index in [4.69, 9.17) is 5.73 Å². The fraction of sp³-hybridized carbons (Fsp3) is 0.364. The quantitative estimate of drug-likeness (QED) is 0.847. The fourth-order valence-electron chi connectivity index (χ4n) is 2.21. The van der Waals surface area contributed by atoms with Crippen LogP contribution >= 0.6 is 0 Å². The number of nitrogen functional groups attached to an aromatic ring is 1. The third-order valence-electron chi connectivity index (χ3n) is 3.11. The molecule has 2 aromatic heterocycles. The third-order valence-corrected chi connectivity index (χ3v) is 4.86. The average molecular weight is 279 g/mol. The van der Waals surface area contributed by atoms with E-state index in [1.807, 2.05) is 0 Å². The zero-order chi connectivity index (χ0) is 13.5. The smallest absolute Gasteiger partial charge is 0.180 e. The molecule has 1 aliphatic heterocycles. The summed E-state index contributed by atoms with van der Waals surface area (Å²) in [4.78, 5) is 8.20. The van der Waals surface area contributed by atoms with Crippen molar-refractivity contribution in [3.05, 3.63) is 24.5 Å². The number of anilines is 1. The molecular weight excluding hydrogens is 266 g/mol. The van der Waals surface area contributed by atoms with Gasteiger partial charge >= 0.3 is 0 Å². The summed E-state index contributed by atoms with van der Waals surface area (Å²) in [5, 5.41) is 4.33. The summed E-state index contributed by atoms with van der Waals surface area (Å²) < 4.78 is 24.6. The second-order valence-corrected chi connectivity index (χ2v) is 6.76. The molecule has 1 fully saturated rings. The van der Waals surface area contributed by atoms with Gasteiger partial charge < -0.3 is 5.73 Å². The average Bonchev–Trinajstić information content (AvgIpc) is 2.93. The van der Waals surface area contributed by atoms with Gasteiger partial charge in [-0.15, -0.1) is 0 Å². The molecular formula is C11H13N5O2S. The lowest BCUT2D eigenvalue weighted by Gasteiger charge is -2.09. The molecule has 2 aromatic rings. The topological polar surface area (TPSA) is 104 Å². The van der Waals surface area contributed by atoms with Gasteiger partial charge in [-0.05, 0) is 12.5 Å². The van der Waals surface area contributed by atoms with E-state index in [2.05, 4.69) is 15.1 Å². The molecule has 3 heterocycles. The molecule has 3 rings (SSSR count). The van der Waals surface area contributed by atoms with E-state index in [-0.39, 0.29) is 17.5 Å². The van der Waals surface area contributed by atoms with Crippen LogP contribution in [0.15, 0.2) is 24.5 Å². The molecule has 1 unspecified atom stereocenters. The number of nitrogens with two attached hydrogens (primary N) is 1. The molecule has 100 valence electrons. The van der Waals surface area contributed by atoms with Crippen LogP contribution in [-0.2, 0) is 9.84 Å². The molecule has 1 saturated heterocycles. The Morgan fingerprint density at radius 1 is 1.32 bits per heavy atom. The first-order valence-corrected chi connectivity index (χ1v) is 7.70. The Labute approximate surface area is 110 Å². The van der Waals surface area contributed by atoms with Crippen LogP contribution in [0.5, 0.6) is 0 Å². The Balaban J connectivity index is 1.95. The first-order chi connectivity index (χ1) is 9.05. The van der Waals surface area contributed by atoms with E-state index in [0.29, 0.717) is 23.8 Å². The number of nitrogens with zero attached hydrogens (tertiary/aromatic N) is 4. The molecule has 0 spiro atoms. The summed E-state index contributed by atoms with van der Waals surface area (Å²) in [6.45, 7) is 0. The van der Waals surface area contributed by atoms with Crippen molar-refractivity contribution in [1.29, 1.82) is 0 Å². The Hall–Kier alpha value is -1.96. The lowest BCUT2D eigenvalue weighted by atomic mass is 10.3. The van der Waals surface area contributed by atoms with E-state index >= 15 is 0 Å². The monoisotopic (exact) mass is 279 g/mol. The normalized spacial score (nSPS) is 21.6. The lowest BCUT2D eigenvalue weighted by Crippen LogP contribution is -2.14. The number of hydrogen-bond acceptors (Lipinski definition) is 6. The second kappa shape index (κ2) is 4.30. The predicted molar refractivity (Wildman–Crippen MR) is 70.0 cm³/mol. The summed E-state index contributed by atoms with van der Waals surface area (Å²) in [6.07, 6.45) is 3.79. The Morgan fingerprint density at radius 2 is 2.05 bits per heavy atom. The van der Waals surface area contributed by atoms with Gasteiger partial charge in [0.15, 0.2) is 15.7 Å². The van der Waals surface area contributed by atoms with Crippen LogP contribution in [0.4, 0.5) is 5.82 Å². The summed E-state index contributed by atoms with van der Waals surface area (Å²) in [6, 6.07) is 3.19. The van der Waals surface area contributed by atoms with Gasteiger partial charge in [0, 0.05) is 18.5 Å². The molecule has 0 amide bonds. The number of hydrogen-bond donors (Lipinski definition) is 1. The molecule has 0 aromatic carbocycles. The maximum absolute atomic E-state index is 11.5. The van der Waals surface area contributed by atoms with Crippen molar-refractivity contribution in [2.24, 2.45) is 0 Å². The number of rotatable bonds is 2. The molecule has 1 atom stereocenters. The zero-order valence-corrected chi connectivity index (χ0v) is 10.9. The van der Waals surface area contributed by atoms with Crippen LogP contribution in [0.25, 0.3) is 11.5 Å². The molecule has 7 nitrogen and oxygen atoms in total. The summed E-state index contributed by atoms with van der Waals surface area (Å²) in [7, 11) is -2.96. The largest absolute Gasteiger partial charge is 0.384 e. The van der Waals surface area contributed by atoms with Crippen molar-refractivity contribution in [3.8, 4) is 11.5 Å². The van der Waals surface area contributed by atoms with E-state index < -0.39 is 9.84 Å². The SMILES string of the molecule is Nc1cc(-c2ncccn2)nn1C1CCS(=O)(=O)C1. The van der Waals surface area contributed by atoms with Crippen LogP contribution in [0.2, 0.25) is 0 Å². The van der Waals surface area contributed by atoms with Gasteiger partial charge in [-0.3, -0.25) is 0 Å². The lowest BCUT2D eigenvalue weighted by molar-refractivity contribution is 0.508. The molecule has 0 saturated carbocycles. The molecule has 2 N–H and O–H groups in total. The van der Waals surface area contributed by atoms with Gasteiger partial charge in [0.1, 0.15) is 11.5 Å². The highest BCUT2D eigenvalue weighted by molar-refractivity contribution is 7.91. The van der Waals surface area contributed by atoms with Crippen molar-refractivity contribution in [2.45, 2.75) is 12.5 Å². The van der Waals surface area contributed by atoms with Crippen LogP contribution in [-0.4, -0.2) is 39.7 Å². The molecule has 0 radical (unpaired) electrons. The second-order valence-electron chi connectivity index (χ2n) is 4.53. The molecule has 0 bridgehead atoms. The van der Waals surface area contributed by atoms with E-state index in [1.54, 1.807) is 29.2 Å². The Morgan fingerprint density at radius 3 is 2.68 bits per heavy atom. The van der Waals surface area contributed by atoms with Crippen molar-refractivity contribution in [3.63, 3.8) is 0 Å². The molecule has 19 heavy (non-hydrogen) atoms. The van der Waals surface area contributed by atoms with E-state index in [0.717, 1.165) is 0 Å². The van der Waals surface area contributed by atoms with Crippen LogP contribution in [0.3, 0.4) is 0 Å². The standard InChI is InChI=1S/C11H13N5O2S/c12-10-6-9(11-13-3-1-4-14-11)15-16(10)8-2-5-19(17,18)7-8/h1,3-4,6,8H,2,5,7,12H2. The molecule has 1 aliphatic rings. The van der Waals surface area contributed by atoms with E-state index in [9.17, 15) is 8.42 Å². The van der Waals surface area contributed by atoms with Gasteiger partial charge in [-0.1, -0.05) is 0 Å². The van der Waals surface area contributed by atoms with Gasteiger partial charge in [0.2, 0.25) is 0 Å². The first kappa shape index (κ1) is 12.1. The highest BCUT2D eigenvalue weighted by Gasteiger charge is 2.31. The van der Waals surface area contributed by atoms with Crippen molar-refractivity contribution in [2.75, 3.05) is 17.2 Å². The maximum Gasteiger partial charge on any atom is 0.180 e. The molecule has 8 heteroatoms. The minimum atomic E-state index is -2.96. The predicted octanol–water partition coefficient (Wildman–Crippen LogP) is 0.282. The Kier molecular flexibility index (Phi) is 2.74. The summed E-state index contributed by atoms with van der Waals surface area (Å²) in [5.41, 5.74) is 6.45. The highest BCUT2D eigenvalue weighted by Crippen LogP contribution is 2.27. The van der Waals surface area contributed by atoms with Gasteiger partial charge in [-0.25, -0.2) is 23.1 Å². The van der Waals surface area contributed by atoms with Crippen molar-refractivity contribution >= 4 is 15.7 Å². The number of sulfone groups is 1. The third kappa shape index (κ3) is 2.30. The van der Waals surface area contributed by atoms with E-state index in [1.165, 1.54) is 0 Å². The molecule has 0 aliphatic carbocycles. The van der Waals surface area contributed by atoms with Crippen molar-refractivity contribution < 1.29 is 8.42 Å². The van der Waals surface area contributed by atoms with Gasteiger partial charge in [-0.2, -0.15) is 5.10 Å². The summed E-state index contributed by atoms with van der Waals surface area (Å²) in [5.74, 6) is 1.20. The van der Waals surface area contributed by atoms with Crippen LogP contribution < -0.4 is 5.73 Å². The highest BCUT2D eigenvalue weighted by atomic mass is 32.2. The maximum atomic E-state index is 11.5. The van der Waals surface area contributed by atoms with Crippen molar-refractivity contribution in [1.82, 2.24) is 19.7 Å². The number of aromatic nitrogens is 4. The van der Waals surface area contributed by atoms with Gasteiger partial charge in [0.25, 0.3) is 0 Å². The minimum absolute atomic E-state index is 0.0912. The van der Waals surface area contributed by atoms with Crippen LogP contribution in [0, 0.1) is 0 Å². The zero-order valence-electron chi connectivity index (χ0n) is 10.1. The van der Waals surface area contributed by atoms with Gasteiger partial charge in [0.05, 0.1) is 17.5 Å². The Bertz CT molecular complexity index is 695.